The normalized spacial score (nSPS) is 11.9. The third-order valence-corrected chi connectivity index (χ3v) is 2.18. The summed E-state index contributed by atoms with van der Waals surface area (Å²) in [5.74, 6) is -0.0384. The van der Waals surface area contributed by atoms with Gasteiger partial charge in [-0.1, -0.05) is 0 Å². The molecule has 0 saturated heterocycles. The van der Waals surface area contributed by atoms with Crippen molar-refractivity contribution < 1.29 is 24.1 Å². The fraction of sp³-hybridized carbons (Fsp3) is 0.455. The minimum absolute atomic E-state index is 0.0494. The average molecular weight is 241 g/mol. The van der Waals surface area contributed by atoms with Crippen molar-refractivity contribution in [3.05, 3.63) is 18.0 Å². The SMILES string of the molecule is COc1ccnc(CO[C@H](C)C(=O)O)c1OC. The maximum Gasteiger partial charge on any atom is 0.332 e. The Morgan fingerprint density at radius 3 is 2.71 bits per heavy atom. The lowest BCUT2D eigenvalue weighted by Crippen LogP contribution is -2.20. The number of hydrogen-bond acceptors (Lipinski definition) is 5. The molecule has 94 valence electrons. The topological polar surface area (TPSA) is 77.9 Å². The molecule has 0 aliphatic rings. The minimum Gasteiger partial charge on any atom is -0.493 e. The highest BCUT2D eigenvalue weighted by Crippen LogP contribution is 2.29. The number of rotatable bonds is 6. The minimum atomic E-state index is -1.02. The Bertz CT molecular complexity index is 393. The Morgan fingerprint density at radius 1 is 1.47 bits per heavy atom. The molecule has 17 heavy (non-hydrogen) atoms. The number of carboxylic acid groups (broad SMARTS) is 1. The van der Waals surface area contributed by atoms with E-state index in [0.29, 0.717) is 17.2 Å². The summed E-state index contributed by atoms with van der Waals surface area (Å²) in [6.45, 7) is 1.50. The van der Waals surface area contributed by atoms with E-state index in [1.54, 1.807) is 12.3 Å². The molecular formula is C11H15NO5. The Hall–Kier alpha value is -1.82. The first kappa shape index (κ1) is 13.2. The lowest BCUT2D eigenvalue weighted by molar-refractivity contribution is -0.149. The molecule has 0 radical (unpaired) electrons. The van der Waals surface area contributed by atoms with Crippen LogP contribution in [0.1, 0.15) is 12.6 Å². The molecule has 0 aliphatic carbocycles. The van der Waals surface area contributed by atoms with E-state index in [-0.39, 0.29) is 6.61 Å². The summed E-state index contributed by atoms with van der Waals surface area (Å²) in [5.41, 5.74) is 0.500. The lowest BCUT2D eigenvalue weighted by atomic mass is 10.3. The molecule has 0 saturated carbocycles. The molecule has 0 aromatic carbocycles. The average Bonchev–Trinajstić information content (AvgIpc) is 2.34. The van der Waals surface area contributed by atoms with Crippen molar-refractivity contribution in [1.82, 2.24) is 4.98 Å². The maximum atomic E-state index is 10.6. The first-order chi connectivity index (χ1) is 8.10. The maximum absolute atomic E-state index is 10.6. The van der Waals surface area contributed by atoms with Crippen molar-refractivity contribution in [2.24, 2.45) is 0 Å². The smallest absolute Gasteiger partial charge is 0.332 e. The van der Waals surface area contributed by atoms with E-state index in [4.69, 9.17) is 19.3 Å². The Morgan fingerprint density at radius 2 is 2.18 bits per heavy atom. The van der Waals surface area contributed by atoms with E-state index in [1.165, 1.54) is 21.1 Å². The van der Waals surface area contributed by atoms with Crippen LogP contribution < -0.4 is 9.47 Å². The zero-order valence-corrected chi connectivity index (χ0v) is 9.97. The van der Waals surface area contributed by atoms with Crippen molar-refractivity contribution in [1.29, 1.82) is 0 Å². The first-order valence-corrected chi connectivity index (χ1v) is 5.00. The zero-order chi connectivity index (χ0) is 12.8. The molecule has 6 nitrogen and oxygen atoms in total. The molecule has 1 N–H and O–H groups in total. The van der Waals surface area contributed by atoms with Crippen LogP contribution in [0, 0.1) is 0 Å². The summed E-state index contributed by atoms with van der Waals surface area (Å²) in [5, 5.41) is 8.69. The van der Waals surface area contributed by atoms with Gasteiger partial charge in [0.05, 0.1) is 20.8 Å². The van der Waals surface area contributed by atoms with Crippen LogP contribution in [0.2, 0.25) is 0 Å². The summed E-state index contributed by atoms with van der Waals surface area (Å²) in [4.78, 5) is 14.7. The predicted molar refractivity (Wildman–Crippen MR) is 59.2 cm³/mol. The molecule has 1 rings (SSSR count). The monoisotopic (exact) mass is 241 g/mol. The van der Waals surface area contributed by atoms with Gasteiger partial charge in [0.1, 0.15) is 5.69 Å². The van der Waals surface area contributed by atoms with Gasteiger partial charge in [-0.05, 0) is 6.92 Å². The number of aliphatic carboxylic acids is 1. The van der Waals surface area contributed by atoms with Gasteiger partial charge in [0, 0.05) is 12.3 Å². The van der Waals surface area contributed by atoms with Crippen LogP contribution in [0.25, 0.3) is 0 Å². The van der Waals surface area contributed by atoms with Gasteiger partial charge >= 0.3 is 5.97 Å². The van der Waals surface area contributed by atoms with Crippen molar-refractivity contribution in [2.75, 3.05) is 14.2 Å². The van der Waals surface area contributed by atoms with E-state index < -0.39 is 12.1 Å². The Labute approximate surface area is 99.1 Å². The molecule has 0 amide bonds. The molecule has 6 heteroatoms. The molecular weight excluding hydrogens is 226 g/mol. The summed E-state index contributed by atoms with van der Waals surface area (Å²) in [6.07, 6.45) is 0.651. The molecule has 1 aromatic rings. The number of methoxy groups -OCH3 is 2. The van der Waals surface area contributed by atoms with Crippen molar-refractivity contribution >= 4 is 5.97 Å². The summed E-state index contributed by atoms with van der Waals surface area (Å²) < 4.78 is 15.4. The number of pyridine rings is 1. The van der Waals surface area contributed by atoms with Gasteiger partial charge in [-0.15, -0.1) is 0 Å². The largest absolute Gasteiger partial charge is 0.493 e. The molecule has 0 fully saturated rings. The van der Waals surface area contributed by atoms with Gasteiger partial charge < -0.3 is 19.3 Å². The molecule has 0 aliphatic heterocycles. The number of nitrogens with zero attached hydrogens (tertiary/aromatic N) is 1. The van der Waals surface area contributed by atoms with Crippen LogP contribution in [-0.4, -0.2) is 36.4 Å². The van der Waals surface area contributed by atoms with Crippen LogP contribution in [0.15, 0.2) is 12.3 Å². The van der Waals surface area contributed by atoms with Crippen LogP contribution in [-0.2, 0) is 16.1 Å². The lowest BCUT2D eigenvalue weighted by Gasteiger charge is -2.13. The number of ether oxygens (including phenoxy) is 3. The quantitative estimate of drug-likeness (QED) is 0.803. The van der Waals surface area contributed by atoms with Crippen molar-refractivity contribution in [3.8, 4) is 11.5 Å². The van der Waals surface area contributed by atoms with Crippen molar-refractivity contribution in [3.63, 3.8) is 0 Å². The standard InChI is InChI=1S/C11H15NO5/c1-7(11(13)14)17-6-8-10(16-3)9(15-2)4-5-12-8/h4-5,7H,6H2,1-3H3,(H,13,14)/t7-/m1/s1. The molecule has 1 aromatic heterocycles. The molecule has 0 unspecified atom stereocenters. The van der Waals surface area contributed by atoms with Gasteiger partial charge in [-0.3, -0.25) is 4.98 Å². The van der Waals surface area contributed by atoms with Crippen LogP contribution in [0.5, 0.6) is 11.5 Å². The number of aromatic nitrogens is 1. The fourth-order valence-electron chi connectivity index (χ4n) is 1.23. The fourth-order valence-corrected chi connectivity index (χ4v) is 1.23. The first-order valence-electron chi connectivity index (χ1n) is 5.00. The third kappa shape index (κ3) is 3.32. The van der Waals surface area contributed by atoms with Crippen LogP contribution in [0.3, 0.4) is 0 Å². The Balaban J connectivity index is 2.80. The van der Waals surface area contributed by atoms with E-state index >= 15 is 0 Å². The van der Waals surface area contributed by atoms with Crippen LogP contribution >= 0.6 is 0 Å². The van der Waals surface area contributed by atoms with Gasteiger partial charge in [-0.2, -0.15) is 0 Å². The second kappa shape index (κ2) is 6.05. The van der Waals surface area contributed by atoms with Gasteiger partial charge in [-0.25, -0.2) is 4.79 Å². The second-order valence-electron chi connectivity index (χ2n) is 3.28. The van der Waals surface area contributed by atoms with E-state index in [1.807, 2.05) is 0 Å². The number of carbonyl (C=O) groups is 1. The summed E-state index contributed by atoms with van der Waals surface area (Å²) in [6, 6.07) is 1.66. The van der Waals surface area contributed by atoms with Gasteiger partial charge in [0.25, 0.3) is 0 Å². The van der Waals surface area contributed by atoms with Crippen LogP contribution in [0.4, 0.5) is 0 Å². The summed E-state index contributed by atoms with van der Waals surface area (Å²) in [7, 11) is 3.01. The third-order valence-electron chi connectivity index (χ3n) is 2.18. The van der Waals surface area contributed by atoms with Gasteiger partial charge in [0.15, 0.2) is 17.6 Å². The highest BCUT2D eigenvalue weighted by molar-refractivity contribution is 5.71. The van der Waals surface area contributed by atoms with E-state index in [9.17, 15) is 4.79 Å². The molecule has 0 bridgehead atoms. The number of hydrogen-bond donors (Lipinski definition) is 1. The molecule has 0 spiro atoms. The van der Waals surface area contributed by atoms with E-state index in [0.717, 1.165) is 0 Å². The zero-order valence-electron chi connectivity index (χ0n) is 9.97. The van der Waals surface area contributed by atoms with Crippen molar-refractivity contribution in [2.45, 2.75) is 19.6 Å². The molecule has 1 heterocycles. The highest BCUT2D eigenvalue weighted by Gasteiger charge is 2.15. The van der Waals surface area contributed by atoms with Gasteiger partial charge in [0.2, 0.25) is 0 Å². The predicted octanol–water partition coefficient (Wildman–Crippen LogP) is 1.09. The second-order valence-corrected chi connectivity index (χ2v) is 3.28. The summed E-state index contributed by atoms with van der Waals surface area (Å²) >= 11 is 0. The highest BCUT2D eigenvalue weighted by atomic mass is 16.5. The number of carboxylic acids is 1. The molecule has 1 atom stereocenters. The van der Waals surface area contributed by atoms with E-state index in [2.05, 4.69) is 4.98 Å². The Kier molecular flexibility index (Phi) is 4.71.